The smallest absolute Gasteiger partial charge is 0.435 e. The van der Waals surface area contributed by atoms with Crippen molar-refractivity contribution in [3.8, 4) is 22.7 Å². The predicted molar refractivity (Wildman–Crippen MR) is 125 cm³/mol. The number of amides is 1. The van der Waals surface area contributed by atoms with E-state index in [1.165, 1.54) is 19.2 Å². The second-order valence-corrected chi connectivity index (χ2v) is 7.97. The molecule has 0 atom stereocenters. The Kier molecular flexibility index (Phi) is 6.54. The van der Waals surface area contributed by atoms with Crippen LogP contribution in [0.1, 0.15) is 16.1 Å². The summed E-state index contributed by atoms with van der Waals surface area (Å²) in [6, 6.07) is 18.3. The molecule has 3 aromatic carbocycles. The van der Waals surface area contributed by atoms with E-state index in [1.807, 2.05) is 0 Å². The molecule has 0 aliphatic carbocycles. The molecule has 4 aromatic rings. The molecule has 0 fully saturated rings. The number of nitrogens with one attached hydrogen (secondary N) is 1. The number of anilines is 1. The molecule has 0 spiro atoms. The van der Waals surface area contributed by atoms with Gasteiger partial charge in [0.05, 0.1) is 28.5 Å². The SMILES string of the molecule is COc1ccc(NC(=O)c2ccc(-c3cc(C(F)(F)F)nn3-c3ccccc3Cl)cc2)cc1Cl. The number of carbonyl (C=O) groups is 1. The fourth-order valence-electron chi connectivity index (χ4n) is 3.27. The largest absolute Gasteiger partial charge is 0.495 e. The first-order valence-corrected chi connectivity index (χ1v) is 10.6. The van der Waals surface area contributed by atoms with Gasteiger partial charge in [0.15, 0.2) is 5.69 Å². The van der Waals surface area contributed by atoms with Crippen molar-refractivity contribution in [3.05, 3.63) is 94.1 Å². The first-order chi connectivity index (χ1) is 16.2. The van der Waals surface area contributed by atoms with Gasteiger partial charge in [-0.2, -0.15) is 18.3 Å². The normalized spacial score (nSPS) is 11.4. The zero-order valence-electron chi connectivity index (χ0n) is 17.5. The van der Waals surface area contributed by atoms with Crippen LogP contribution in [0.15, 0.2) is 72.8 Å². The van der Waals surface area contributed by atoms with E-state index in [9.17, 15) is 18.0 Å². The molecule has 174 valence electrons. The van der Waals surface area contributed by atoms with Gasteiger partial charge in [-0.1, -0.05) is 47.5 Å². The molecule has 1 heterocycles. The first kappa shape index (κ1) is 23.7. The first-order valence-electron chi connectivity index (χ1n) is 9.85. The van der Waals surface area contributed by atoms with Crippen molar-refractivity contribution in [2.75, 3.05) is 12.4 Å². The van der Waals surface area contributed by atoms with Crippen LogP contribution in [0.25, 0.3) is 16.9 Å². The van der Waals surface area contributed by atoms with E-state index in [0.717, 1.165) is 10.7 Å². The highest BCUT2D eigenvalue weighted by atomic mass is 35.5. The van der Waals surface area contributed by atoms with E-state index >= 15 is 0 Å². The average Bonchev–Trinajstić information content (AvgIpc) is 3.25. The van der Waals surface area contributed by atoms with Crippen molar-refractivity contribution in [2.24, 2.45) is 0 Å². The molecule has 5 nitrogen and oxygen atoms in total. The average molecular weight is 506 g/mol. The molecular weight excluding hydrogens is 490 g/mol. The van der Waals surface area contributed by atoms with E-state index in [1.54, 1.807) is 54.6 Å². The Morgan fingerprint density at radius 3 is 2.29 bits per heavy atom. The van der Waals surface area contributed by atoms with Gasteiger partial charge in [0.1, 0.15) is 5.75 Å². The Bertz CT molecular complexity index is 1350. The van der Waals surface area contributed by atoms with Gasteiger partial charge in [-0.05, 0) is 48.5 Å². The van der Waals surface area contributed by atoms with Gasteiger partial charge < -0.3 is 10.1 Å². The summed E-state index contributed by atoms with van der Waals surface area (Å²) in [5.74, 6) is 0.0563. The molecule has 0 saturated heterocycles. The van der Waals surface area contributed by atoms with Gasteiger partial charge in [-0.15, -0.1) is 0 Å². The van der Waals surface area contributed by atoms with Crippen LogP contribution in [-0.4, -0.2) is 22.8 Å². The molecule has 10 heteroatoms. The third-order valence-electron chi connectivity index (χ3n) is 4.93. The van der Waals surface area contributed by atoms with E-state index in [-0.39, 0.29) is 10.7 Å². The minimum atomic E-state index is -4.64. The van der Waals surface area contributed by atoms with Gasteiger partial charge in [0.2, 0.25) is 0 Å². The topological polar surface area (TPSA) is 56.1 Å². The van der Waals surface area contributed by atoms with E-state index in [4.69, 9.17) is 27.9 Å². The number of carbonyl (C=O) groups excluding carboxylic acids is 1. The standard InChI is InChI=1S/C24H16Cl2F3N3O2/c1-34-21-11-10-16(12-18(21)26)30-23(33)15-8-6-14(7-9-15)20-13-22(24(27,28)29)31-32(20)19-5-3-2-4-17(19)25/h2-13H,1H3,(H,30,33). The van der Waals surface area contributed by atoms with Gasteiger partial charge in [-0.3, -0.25) is 4.79 Å². The molecule has 0 unspecified atom stereocenters. The number of benzene rings is 3. The Morgan fingerprint density at radius 1 is 0.971 bits per heavy atom. The Balaban J connectivity index is 1.65. The van der Waals surface area contributed by atoms with Gasteiger partial charge in [0.25, 0.3) is 5.91 Å². The maximum absolute atomic E-state index is 13.4. The number of para-hydroxylation sites is 1. The maximum Gasteiger partial charge on any atom is 0.435 e. The number of alkyl halides is 3. The summed E-state index contributed by atoms with van der Waals surface area (Å²) in [5, 5.41) is 7.03. The van der Waals surface area contributed by atoms with Crippen molar-refractivity contribution in [1.82, 2.24) is 9.78 Å². The summed E-state index contributed by atoms with van der Waals surface area (Å²) in [7, 11) is 1.48. The predicted octanol–water partition coefficient (Wildman–Crippen LogP) is 7.13. The lowest BCUT2D eigenvalue weighted by Crippen LogP contribution is -2.11. The van der Waals surface area contributed by atoms with Crippen LogP contribution in [0.3, 0.4) is 0 Å². The molecule has 0 saturated carbocycles. The van der Waals surface area contributed by atoms with Crippen LogP contribution in [0.5, 0.6) is 5.75 Å². The number of rotatable bonds is 5. The number of hydrogen-bond donors (Lipinski definition) is 1. The van der Waals surface area contributed by atoms with Crippen molar-refractivity contribution < 1.29 is 22.7 Å². The number of hydrogen-bond acceptors (Lipinski definition) is 3. The molecule has 1 aromatic heterocycles. The Labute approximate surface area is 202 Å². The number of aromatic nitrogens is 2. The fourth-order valence-corrected chi connectivity index (χ4v) is 3.75. The fraction of sp³-hybridized carbons (Fsp3) is 0.0833. The summed E-state index contributed by atoms with van der Waals surface area (Å²) in [6.07, 6.45) is -4.64. The summed E-state index contributed by atoms with van der Waals surface area (Å²) < 4.78 is 46.4. The molecule has 4 rings (SSSR count). The van der Waals surface area contributed by atoms with Crippen LogP contribution < -0.4 is 10.1 Å². The summed E-state index contributed by atoms with van der Waals surface area (Å²) in [4.78, 5) is 12.6. The molecule has 1 N–H and O–H groups in total. The third kappa shape index (κ3) is 4.88. The Hall–Kier alpha value is -3.49. The van der Waals surface area contributed by atoms with Crippen LogP contribution in [-0.2, 0) is 6.18 Å². The molecule has 1 amide bonds. The van der Waals surface area contributed by atoms with Gasteiger partial charge >= 0.3 is 6.18 Å². The molecular formula is C24H16Cl2F3N3O2. The molecule has 0 radical (unpaired) electrons. The van der Waals surface area contributed by atoms with Crippen LogP contribution in [0.2, 0.25) is 10.0 Å². The molecule has 0 aliphatic rings. The lowest BCUT2D eigenvalue weighted by molar-refractivity contribution is -0.141. The van der Waals surface area contributed by atoms with Gasteiger partial charge in [0, 0.05) is 16.8 Å². The van der Waals surface area contributed by atoms with Crippen molar-refractivity contribution in [3.63, 3.8) is 0 Å². The second kappa shape index (κ2) is 9.40. The summed E-state index contributed by atoms with van der Waals surface area (Å²) >= 11 is 12.3. The molecule has 0 bridgehead atoms. The minimum Gasteiger partial charge on any atom is -0.495 e. The van der Waals surface area contributed by atoms with E-state index in [0.29, 0.717) is 33.3 Å². The summed E-state index contributed by atoms with van der Waals surface area (Å²) in [5.41, 5.74) is 0.608. The zero-order valence-corrected chi connectivity index (χ0v) is 19.0. The van der Waals surface area contributed by atoms with Crippen LogP contribution >= 0.6 is 23.2 Å². The lowest BCUT2D eigenvalue weighted by Gasteiger charge is -2.11. The zero-order chi connectivity index (χ0) is 24.5. The van der Waals surface area contributed by atoms with Crippen molar-refractivity contribution in [2.45, 2.75) is 6.18 Å². The molecule has 0 aliphatic heterocycles. The number of nitrogens with zero attached hydrogens (tertiary/aromatic N) is 2. The van der Waals surface area contributed by atoms with Gasteiger partial charge in [-0.25, -0.2) is 4.68 Å². The monoisotopic (exact) mass is 505 g/mol. The highest BCUT2D eigenvalue weighted by molar-refractivity contribution is 6.32. The third-order valence-corrected chi connectivity index (χ3v) is 5.55. The quantitative estimate of drug-likeness (QED) is 0.314. The maximum atomic E-state index is 13.4. The lowest BCUT2D eigenvalue weighted by atomic mass is 10.1. The van der Waals surface area contributed by atoms with Crippen LogP contribution in [0, 0.1) is 0 Å². The number of halogens is 5. The Morgan fingerprint density at radius 2 is 1.68 bits per heavy atom. The molecule has 34 heavy (non-hydrogen) atoms. The summed E-state index contributed by atoms with van der Waals surface area (Å²) in [6.45, 7) is 0. The second-order valence-electron chi connectivity index (χ2n) is 7.16. The minimum absolute atomic E-state index is 0.175. The van der Waals surface area contributed by atoms with Crippen LogP contribution in [0.4, 0.5) is 18.9 Å². The van der Waals surface area contributed by atoms with E-state index in [2.05, 4.69) is 10.4 Å². The number of ether oxygens (including phenoxy) is 1. The number of methoxy groups -OCH3 is 1. The van der Waals surface area contributed by atoms with E-state index < -0.39 is 17.8 Å². The highest BCUT2D eigenvalue weighted by Gasteiger charge is 2.35. The highest BCUT2D eigenvalue weighted by Crippen LogP contribution is 2.35. The van der Waals surface area contributed by atoms with Crippen molar-refractivity contribution >= 4 is 34.8 Å². The van der Waals surface area contributed by atoms with Crippen molar-refractivity contribution in [1.29, 1.82) is 0 Å².